The summed E-state index contributed by atoms with van der Waals surface area (Å²) in [5.74, 6) is -7.58. The average molecular weight is 660 g/mol. The molecule has 248 valence electrons. The minimum Gasteiger partial charge on any atom is -0.508 e. The van der Waals surface area contributed by atoms with Crippen molar-refractivity contribution in [3.63, 3.8) is 0 Å². The van der Waals surface area contributed by atoms with E-state index in [2.05, 4.69) is 10.2 Å². The first-order chi connectivity index (χ1) is 22.9. The zero-order chi connectivity index (χ0) is 34.1. The van der Waals surface area contributed by atoms with Gasteiger partial charge in [0.2, 0.25) is 11.8 Å². The predicted molar refractivity (Wildman–Crippen MR) is 166 cm³/mol. The smallest absolute Gasteiger partial charge is 0.508 e. The second kappa shape index (κ2) is 11.2. The van der Waals surface area contributed by atoms with Gasteiger partial charge in [0.05, 0.1) is 28.9 Å². The largest absolute Gasteiger partial charge is 0.573 e. The summed E-state index contributed by atoms with van der Waals surface area (Å²) in [5, 5.41) is 12.3. The topological polar surface area (TPSA) is 116 Å². The zero-order valence-electron chi connectivity index (χ0n) is 26.0. The van der Waals surface area contributed by atoms with Gasteiger partial charge in [-0.15, -0.1) is 13.2 Å². The Bertz CT molecular complexity index is 1860. The molecule has 4 aliphatic rings. The van der Waals surface area contributed by atoms with Gasteiger partial charge in [-0.05, 0) is 68.5 Å². The van der Waals surface area contributed by atoms with E-state index in [0.29, 0.717) is 16.8 Å². The molecule has 7 rings (SSSR count). The maximum atomic E-state index is 15.1. The highest BCUT2D eigenvalue weighted by Crippen LogP contribution is 2.65. The van der Waals surface area contributed by atoms with Gasteiger partial charge in [0, 0.05) is 18.0 Å². The number of hydrogen-bond donors (Lipinski definition) is 2. The van der Waals surface area contributed by atoms with E-state index in [-0.39, 0.29) is 36.8 Å². The van der Waals surface area contributed by atoms with Crippen LogP contribution in [0.1, 0.15) is 42.4 Å². The van der Waals surface area contributed by atoms with Crippen LogP contribution in [0, 0.1) is 30.6 Å². The normalized spacial score (nSPS) is 28.2. The van der Waals surface area contributed by atoms with Crippen LogP contribution in [0.25, 0.3) is 0 Å². The van der Waals surface area contributed by atoms with Gasteiger partial charge < -0.3 is 9.84 Å². The number of aryl methyl sites for hydroxylation is 1. The third-order valence-electron chi connectivity index (χ3n) is 10.3. The molecule has 0 radical (unpaired) electrons. The third-order valence-corrected chi connectivity index (χ3v) is 10.3. The molecular weight excluding hydrogens is 627 g/mol. The van der Waals surface area contributed by atoms with Gasteiger partial charge in [-0.2, -0.15) is 5.01 Å². The molecule has 2 saturated heterocycles. The average Bonchev–Trinajstić information content (AvgIpc) is 3.43. The highest BCUT2D eigenvalue weighted by molar-refractivity contribution is 6.13. The Morgan fingerprint density at radius 3 is 2.31 bits per heavy atom. The molecule has 12 heteroatoms. The number of halogens is 3. The number of benzene rings is 3. The van der Waals surface area contributed by atoms with Crippen LogP contribution >= 0.6 is 0 Å². The van der Waals surface area contributed by atoms with Crippen molar-refractivity contribution >= 4 is 29.3 Å². The fourth-order valence-electron chi connectivity index (χ4n) is 8.43. The van der Waals surface area contributed by atoms with Gasteiger partial charge in [-0.3, -0.25) is 29.5 Å². The van der Waals surface area contributed by atoms with Crippen molar-refractivity contribution in [3.8, 4) is 11.5 Å². The molecule has 3 fully saturated rings. The van der Waals surface area contributed by atoms with E-state index in [4.69, 9.17) is 0 Å². The SMILES string of the molecule is CCN1C(=O)C2CC=C3C(CC4C(=O)N(Nc5ccc(C)cc5)C(=O)C4(c4ccccc4)C3c3cc(OC(F)(F)F)ccc3O)C2C1=O. The van der Waals surface area contributed by atoms with Crippen LogP contribution in [0.2, 0.25) is 0 Å². The molecule has 2 heterocycles. The molecule has 0 aromatic heterocycles. The van der Waals surface area contributed by atoms with Crippen LogP contribution < -0.4 is 10.2 Å². The summed E-state index contributed by atoms with van der Waals surface area (Å²) in [7, 11) is 0. The second-order valence-corrected chi connectivity index (χ2v) is 12.8. The second-order valence-electron chi connectivity index (χ2n) is 12.8. The number of nitrogens with zero attached hydrogens (tertiary/aromatic N) is 2. The number of allylic oxidation sites excluding steroid dienone is 2. The molecule has 0 bridgehead atoms. The Balaban J connectivity index is 1.48. The van der Waals surface area contributed by atoms with Gasteiger partial charge in [0.1, 0.15) is 11.5 Å². The molecule has 3 aromatic rings. The van der Waals surface area contributed by atoms with Gasteiger partial charge in [-0.1, -0.05) is 59.7 Å². The van der Waals surface area contributed by atoms with Crippen molar-refractivity contribution < 1.29 is 42.2 Å². The highest BCUT2D eigenvalue weighted by atomic mass is 19.4. The molecular formula is C36H32F3N3O6. The summed E-state index contributed by atoms with van der Waals surface area (Å²) in [4.78, 5) is 57.9. The van der Waals surface area contributed by atoms with Crippen LogP contribution in [0.3, 0.4) is 0 Å². The van der Waals surface area contributed by atoms with E-state index in [1.807, 2.05) is 19.1 Å². The quantitative estimate of drug-likeness (QED) is 0.261. The lowest BCUT2D eigenvalue weighted by atomic mass is 9.49. The van der Waals surface area contributed by atoms with Crippen LogP contribution in [0.4, 0.5) is 18.9 Å². The Morgan fingerprint density at radius 1 is 0.938 bits per heavy atom. The number of carbonyl (C=O) groups is 4. The highest BCUT2D eigenvalue weighted by Gasteiger charge is 2.70. The molecule has 0 spiro atoms. The molecule has 6 atom stereocenters. The number of imide groups is 2. The maximum Gasteiger partial charge on any atom is 0.573 e. The molecule has 4 amide bonds. The summed E-state index contributed by atoms with van der Waals surface area (Å²) in [6.45, 7) is 3.75. The number of fused-ring (bicyclic) bond motifs is 4. The van der Waals surface area contributed by atoms with Crippen LogP contribution in [-0.4, -0.2) is 51.6 Å². The number of hydrazine groups is 1. The first-order valence-electron chi connectivity index (χ1n) is 15.8. The van der Waals surface area contributed by atoms with Gasteiger partial charge in [0.25, 0.3) is 11.8 Å². The maximum absolute atomic E-state index is 15.1. The molecule has 2 aliphatic heterocycles. The number of anilines is 1. The van der Waals surface area contributed by atoms with Crippen molar-refractivity contribution in [3.05, 3.63) is 101 Å². The zero-order valence-corrected chi connectivity index (χ0v) is 26.0. The van der Waals surface area contributed by atoms with Crippen LogP contribution in [0.15, 0.2) is 84.4 Å². The summed E-state index contributed by atoms with van der Waals surface area (Å²) < 4.78 is 44.6. The molecule has 3 aromatic carbocycles. The number of phenols is 1. The van der Waals surface area contributed by atoms with E-state index in [9.17, 15) is 32.7 Å². The summed E-state index contributed by atoms with van der Waals surface area (Å²) in [5.41, 5.74) is 3.46. The minimum atomic E-state index is -5.05. The van der Waals surface area contributed by atoms with E-state index in [0.717, 1.165) is 28.8 Å². The molecule has 2 N–H and O–H groups in total. The number of amides is 4. The van der Waals surface area contributed by atoms with Crippen molar-refractivity contribution in [2.75, 3.05) is 12.0 Å². The number of alkyl halides is 3. The van der Waals surface area contributed by atoms with Crippen molar-refractivity contribution in [2.45, 2.75) is 44.4 Å². The summed E-state index contributed by atoms with van der Waals surface area (Å²) >= 11 is 0. The third kappa shape index (κ3) is 4.68. The lowest BCUT2D eigenvalue weighted by Gasteiger charge is -2.50. The fraction of sp³-hybridized carbons (Fsp3) is 0.333. The van der Waals surface area contributed by atoms with Gasteiger partial charge >= 0.3 is 6.36 Å². The molecule has 6 unspecified atom stereocenters. The van der Waals surface area contributed by atoms with E-state index < -0.39 is 64.7 Å². The van der Waals surface area contributed by atoms with E-state index >= 15 is 4.79 Å². The molecule has 1 saturated carbocycles. The number of nitrogens with one attached hydrogen (secondary N) is 1. The van der Waals surface area contributed by atoms with Gasteiger partial charge in [0.15, 0.2) is 0 Å². The molecule has 2 aliphatic carbocycles. The summed E-state index contributed by atoms with van der Waals surface area (Å²) in [6, 6.07) is 18.6. The number of aromatic hydroxyl groups is 1. The number of ether oxygens (including phenoxy) is 1. The molecule has 9 nitrogen and oxygen atoms in total. The Hall–Kier alpha value is -5.13. The van der Waals surface area contributed by atoms with E-state index in [1.165, 1.54) is 4.90 Å². The lowest BCUT2D eigenvalue weighted by molar-refractivity contribution is -0.274. The number of likely N-dealkylation sites (tertiary alicyclic amines) is 1. The van der Waals surface area contributed by atoms with Gasteiger partial charge in [-0.25, -0.2) is 0 Å². The number of rotatable bonds is 6. The van der Waals surface area contributed by atoms with Crippen molar-refractivity contribution in [1.29, 1.82) is 0 Å². The number of carbonyl (C=O) groups excluding carboxylic acids is 4. The summed E-state index contributed by atoms with van der Waals surface area (Å²) in [6.07, 6.45) is -3.11. The predicted octanol–water partition coefficient (Wildman–Crippen LogP) is 5.60. The first-order valence-corrected chi connectivity index (χ1v) is 15.8. The van der Waals surface area contributed by atoms with Crippen molar-refractivity contribution in [1.82, 2.24) is 9.91 Å². The fourth-order valence-corrected chi connectivity index (χ4v) is 8.43. The Kier molecular flexibility index (Phi) is 7.37. The van der Waals surface area contributed by atoms with E-state index in [1.54, 1.807) is 55.5 Å². The standard InChI is InChI=1S/C36H32F3N3O6/c1-3-41-31(44)24-15-14-23-25(29(24)33(41)46)18-27-32(45)42(40-21-11-9-19(2)10-12-21)34(47)35(27,20-7-5-4-6-8-20)30(23)26-17-22(13-16-28(26)43)48-36(37,38)39/h4-14,16-17,24-25,27,29-30,40,43H,3,15,18H2,1-2H3. The lowest BCUT2D eigenvalue weighted by Crippen LogP contribution is -2.53. The van der Waals surface area contributed by atoms with Crippen molar-refractivity contribution in [2.24, 2.45) is 23.7 Å². The monoisotopic (exact) mass is 659 g/mol. The van der Waals surface area contributed by atoms with Crippen LogP contribution in [-0.2, 0) is 24.6 Å². The molecule has 48 heavy (non-hydrogen) atoms. The number of phenolic OH excluding ortho intramolecular Hbond substituents is 1. The van der Waals surface area contributed by atoms with Crippen LogP contribution in [0.5, 0.6) is 11.5 Å². The Morgan fingerprint density at radius 2 is 1.65 bits per heavy atom. The minimum absolute atomic E-state index is 0.0190. The number of hydrogen-bond acceptors (Lipinski definition) is 7. The first kappa shape index (κ1) is 31.5. The Labute approximate surface area is 273 Å².